The van der Waals surface area contributed by atoms with Crippen molar-refractivity contribution in [2.45, 2.75) is 45.6 Å². The molecule has 2 saturated carbocycles. The first-order valence-corrected chi connectivity index (χ1v) is 5.21. The van der Waals surface area contributed by atoms with Crippen LogP contribution in [0.1, 0.15) is 40.0 Å². The first-order valence-electron chi connectivity index (χ1n) is 5.21. The van der Waals surface area contributed by atoms with E-state index in [2.05, 4.69) is 33.1 Å². The van der Waals surface area contributed by atoms with Crippen molar-refractivity contribution in [1.82, 2.24) is 5.32 Å². The molecule has 0 aliphatic heterocycles. The lowest BCUT2D eigenvalue weighted by atomic mass is 9.64. The van der Waals surface area contributed by atoms with Crippen LogP contribution in [0.15, 0.2) is 0 Å². The third-order valence-corrected chi connectivity index (χ3v) is 5.13. The summed E-state index contributed by atoms with van der Waals surface area (Å²) in [6.45, 7) is 7.29. The summed E-state index contributed by atoms with van der Waals surface area (Å²) in [7, 11) is 2.13. The fourth-order valence-electron chi connectivity index (χ4n) is 3.64. The SMILES string of the molecule is CNC1(C)[C@@H]2CC[C@@H](C2)C1(C)C.Cl. The van der Waals surface area contributed by atoms with Crippen LogP contribution in [0.25, 0.3) is 0 Å². The van der Waals surface area contributed by atoms with E-state index in [4.69, 9.17) is 0 Å². The van der Waals surface area contributed by atoms with Crippen molar-refractivity contribution in [3.8, 4) is 0 Å². The van der Waals surface area contributed by atoms with E-state index in [1.807, 2.05) is 0 Å². The molecule has 3 atom stereocenters. The lowest BCUT2D eigenvalue weighted by molar-refractivity contribution is 0.0732. The summed E-state index contributed by atoms with van der Waals surface area (Å²) in [6, 6.07) is 0. The number of fused-ring (bicyclic) bond motifs is 2. The molecule has 0 spiro atoms. The normalized spacial score (nSPS) is 46.2. The summed E-state index contributed by atoms with van der Waals surface area (Å²) >= 11 is 0. The minimum Gasteiger partial charge on any atom is -0.314 e. The molecule has 1 nitrogen and oxygen atoms in total. The first-order chi connectivity index (χ1) is 5.52. The minimum absolute atomic E-state index is 0. The lowest BCUT2D eigenvalue weighted by Gasteiger charge is -2.47. The molecule has 2 bridgehead atoms. The van der Waals surface area contributed by atoms with Gasteiger partial charge in [0.15, 0.2) is 0 Å². The predicted molar refractivity (Wildman–Crippen MR) is 59.3 cm³/mol. The Morgan fingerprint density at radius 3 is 1.92 bits per heavy atom. The summed E-state index contributed by atoms with van der Waals surface area (Å²) in [6.07, 6.45) is 4.38. The molecule has 2 rings (SSSR count). The fraction of sp³-hybridized carbons (Fsp3) is 1.00. The zero-order chi connectivity index (χ0) is 8.98. The maximum atomic E-state index is 3.56. The minimum atomic E-state index is 0. The summed E-state index contributed by atoms with van der Waals surface area (Å²) < 4.78 is 0. The van der Waals surface area contributed by atoms with E-state index in [0.717, 1.165) is 11.8 Å². The van der Waals surface area contributed by atoms with E-state index in [9.17, 15) is 0 Å². The van der Waals surface area contributed by atoms with E-state index in [1.54, 1.807) is 0 Å². The molecule has 2 aliphatic rings. The molecule has 0 heterocycles. The quantitative estimate of drug-likeness (QED) is 0.691. The highest BCUT2D eigenvalue weighted by atomic mass is 35.5. The van der Waals surface area contributed by atoms with E-state index >= 15 is 0 Å². The smallest absolute Gasteiger partial charge is 0.0232 e. The second-order valence-corrected chi connectivity index (χ2v) is 5.38. The standard InChI is InChI=1S/C11H21N.ClH/c1-10(2)8-5-6-9(7-8)11(10,3)12-4;/h8-9,12H,5-7H2,1-4H3;1H/t8-,9+,11?;/m0./s1. The number of nitrogens with one attached hydrogen (secondary N) is 1. The van der Waals surface area contributed by atoms with Crippen molar-refractivity contribution in [3.05, 3.63) is 0 Å². The van der Waals surface area contributed by atoms with E-state index < -0.39 is 0 Å². The third-order valence-electron chi connectivity index (χ3n) is 5.13. The van der Waals surface area contributed by atoms with Crippen LogP contribution in [0.4, 0.5) is 0 Å². The average Bonchev–Trinajstić information content (AvgIpc) is 2.55. The van der Waals surface area contributed by atoms with Crippen LogP contribution < -0.4 is 5.32 Å². The Hall–Kier alpha value is 0.250. The molecule has 0 aromatic carbocycles. The highest BCUT2D eigenvalue weighted by molar-refractivity contribution is 5.85. The Morgan fingerprint density at radius 1 is 1.08 bits per heavy atom. The molecular weight excluding hydrogens is 182 g/mol. The van der Waals surface area contributed by atoms with Crippen LogP contribution >= 0.6 is 12.4 Å². The second kappa shape index (κ2) is 3.13. The zero-order valence-electron chi connectivity index (χ0n) is 9.18. The van der Waals surface area contributed by atoms with Crippen LogP contribution in [-0.2, 0) is 0 Å². The van der Waals surface area contributed by atoms with Crippen molar-refractivity contribution >= 4 is 12.4 Å². The van der Waals surface area contributed by atoms with Gasteiger partial charge in [-0.1, -0.05) is 13.8 Å². The third kappa shape index (κ3) is 1.16. The van der Waals surface area contributed by atoms with Crippen molar-refractivity contribution in [1.29, 1.82) is 0 Å². The zero-order valence-corrected chi connectivity index (χ0v) is 10.0. The van der Waals surface area contributed by atoms with Gasteiger partial charge >= 0.3 is 0 Å². The van der Waals surface area contributed by atoms with Gasteiger partial charge in [0.25, 0.3) is 0 Å². The number of hydrogen-bond acceptors (Lipinski definition) is 1. The van der Waals surface area contributed by atoms with Gasteiger partial charge in [-0.05, 0) is 50.5 Å². The molecule has 0 amide bonds. The molecule has 2 fully saturated rings. The van der Waals surface area contributed by atoms with Gasteiger partial charge in [0.05, 0.1) is 0 Å². The Labute approximate surface area is 88.1 Å². The van der Waals surface area contributed by atoms with Gasteiger partial charge in [-0.3, -0.25) is 0 Å². The molecule has 0 saturated heterocycles. The fourth-order valence-corrected chi connectivity index (χ4v) is 3.64. The van der Waals surface area contributed by atoms with E-state index in [-0.39, 0.29) is 12.4 Å². The molecule has 0 aromatic rings. The molecule has 78 valence electrons. The average molecular weight is 204 g/mol. The van der Waals surface area contributed by atoms with Gasteiger partial charge in [-0.2, -0.15) is 0 Å². The molecule has 2 heteroatoms. The Balaban J connectivity index is 0.000000845. The Kier molecular flexibility index (Phi) is 2.73. The first kappa shape index (κ1) is 11.3. The highest BCUT2D eigenvalue weighted by Crippen LogP contribution is 2.60. The number of hydrogen-bond donors (Lipinski definition) is 1. The number of halogens is 1. The van der Waals surface area contributed by atoms with Gasteiger partial charge in [-0.25, -0.2) is 0 Å². The largest absolute Gasteiger partial charge is 0.314 e. The van der Waals surface area contributed by atoms with Crippen molar-refractivity contribution in [3.63, 3.8) is 0 Å². The maximum absolute atomic E-state index is 3.56. The van der Waals surface area contributed by atoms with Gasteiger partial charge in [0.1, 0.15) is 0 Å². The van der Waals surface area contributed by atoms with Crippen LogP contribution in [0, 0.1) is 17.3 Å². The van der Waals surface area contributed by atoms with Gasteiger partial charge in [-0.15, -0.1) is 12.4 Å². The van der Waals surface area contributed by atoms with Crippen molar-refractivity contribution < 1.29 is 0 Å². The maximum Gasteiger partial charge on any atom is 0.0232 e. The van der Waals surface area contributed by atoms with Gasteiger partial charge in [0.2, 0.25) is 0 Å². The second-order valence-electron chi connectivity index (χ2n) is 5.38. The van der Waals surface area contributed by atoms with Crippen LogP contribution in [0.2, 0.25) is 0 Å². The highest BCUT2D eigenvalue weighted by Gasteiger charge is 2.59. The molecule has 13 heavy (non-hydrogen) atoms. The summed E-state index contributed by atoms with van der Waals surface area (Å²) in [4.78, 5) is 0. The summed E-state index contributed by atoms with van der Waals surface area (Å²) in [5, 5.41) is 3.56. The molecule has 1 N–H and O–H groups in total. The lowest BCUT2D eigenvalue weighted by Crippen LogP contribution is -2.55. The molecule has 0 aromatic heterocycles. The summed E-state index contributed by atoms with van der Waals surface area (Å²) in [5.41, 5.74) is 0.903. The Bertz CT molecular complexity index is 202. The van der Waals surface area contributed by atoms with Gasteiger partial charge < -0.3 is 5.32 Å². The molecule has 0 radical (unpaired) electrons. The monoisotopic (exact) mass is 203 g/mol. The van der Waals surface area contributed by atoms with Crippen molar-refractivity contribution in [2.75, 3.05) is 7.05 Å². The topological polar surface area (TPSA) is 12.0 Å². The van der Waals surface area contributed by atoms with E-state index in [1.165, 1.54) is 19.3 Å². The number of rotatable bonds is 1. The van der Waals surface area contributed by atoms with Crippen molar-refractivity contribution in [2.24, 2.45) is 17.3 Å². The van der Waals surface area contributed by atoms with E-state index in [0.29, 0.717) is 11.0 Å². The van der Waals surface area contributed by atoms with Crippen LogP contribution in [0.3, 0.4) is 0 Å². The van der Waals surface area contributed by atoms with Crippen LogP contribution in [-0.4, -0.2) is 12.6 Å². The van der Waals surface area contributed by atoms with Crippen LogP contribution in [0.5, 0.6) is 0 Å². The molecular formula is C11H22ClN. The predicted octanol–water partition coefficient (Wildman–Crippen LogP) is 2.84. The molecule has 1 unspecified atom stereocenters. The molecule has 2 aliphatic carbocycles. The Morgan fingerprint density at radius 2 is 1.62 bits per heavy atom. The van der Waals surface area contributed by atoms with Gasteiger partial charge in [0, 0.05) is 5.54 Å². The summed E-state index contributed by atoms with van der Waals surface area (Å²) in [5.74, 6) is 1.91.